The zero-order chi connectivity index (χ0) is 15.7. The molecule has 3 rings (SSSR count). The van der Waals surface area contributed by atoms with Crippen LogP contribution < -0.4 is 5.32 Å². The second-order valence-corrected chi connectivity index (χ2v) is 6.46. The van der Waals surface area contributed by atoms with Crippen LogP contribution in [0.4, 0.5) is 11.5 Å². The van der Waals surface area contributed by atoms with Crippen molar-refractivity contribution in [3.05, 3.63) is 59.6 Å². The molecule has 0 saturated heterocycles. The summed E-state index contributed by atoms with van der Waals surface area (Å²) >= 11 is 5.94. The van der Waals surface area contributed by atoms with Gasteiger partial charge in [0.1, 0.15) is 10.7 Å². The Balaban J connectivity index is 2.04. The minimum atomic E-state index is -4.31. The molecule has 0 aliphatic rings. The number of hydrogen-bond donors (Lipinski definition) is 2. The summed E-state index contributed by atoms with van der Waals surface area (Å²) in [7, 11) is -4.31. The van der Waals surface area contributed by atoms with Gasteiger partial charge in [-0.1, -0.05) is 29.8 Å². The Labute approximate surface area is 132 Å². The van der Waals surface area contributed by atoms with Crippen LogP contribution in [0.1, 0.15) is 0 Å². The molecule has 0 unspecified atom stereocenters. The van der Waals surface area contributed by atoms with Crippen LogP contribution in [0.5, 0.6) is 0 Å². The topological polar surface area (TPSA) is 79.3 Å². The SMILES string of the molecule is O=S(=O)(O)c1ccccc1Nc1ccc2ccc(Cl)cc2n1. The van der Waals surface area contributed by atoms with Gasteiger partial charge in [0.2, 0.25) is 0 Å². The fourth-order valence-electron chi connectivity index (χ4n) is 2.09. The van der Waals surface area contributed by atoms with Crippen LogP contribution in [0.2, 0.25) is 5.02 Å². The number of hydrogen-bond acceptors (Lipinski definition) is 4. The number of pyridine rings is 1. The Kier molecular flexibility index (Phi) is 3.74. The maximum atomic E-state index is 11.4. The fourth-order valence-corrected chi connectivity index (χ4v) is 2.91. The summed E-state index contributed by atoms with van der Waals surface area (Å²) in [6, 6.07) is 15.0. The molecule has 0 radical (unpaired) electrons. The van der Waals surface area contributed by atoms with Gasteiger partial charge >= 0.3 is 0 Å². The Morgan fingerprint density at radius 3 is 2.55 bits per heavy atom. The normalized spacial score (nSPS) is 11.5. The summed E-state index contributed by atoms with van der Waals surface area (Å²) in [4.78, 5) is 4.18. The molecular weight excluding hydrogens is 324 g/mol. The van der Waals surface area contributed by atoms with Crippen molar-refractivity contribution in [2.24, 2.45) is 0 Å². The summed E-state index contributed by atoms with van der Waals surface area (Å²) in [5.41, 5.74) is 0.931. The minimum absolute atomic E-state index is 0.206. The lowest BCUT2D eigenvalue weighted by Gasteiger charge is -2.10. The lowest BCUT2D eigenvalue weighted by molar-refractivity contribution is 0.483. The van der Waals surface area contributed by atoms with Crippen molar-refractivity contribution in [2.45, 2.75) is 4.90 Å². The van der Waals surface area contributed by atoms with E-state index in [-0.39, 0.29) is 10.6 Å². The highest BCUT2D eigenvalue weighted by Crippen LogP contribution is 2.25. The van der Waals surface area contributed by atoms with Crippen molar-refractivity contribution in [1.29, 1.82) is 0 Å². The predicted octanol–water partition coefficient (Wildman–Crippen LogP) is 3.88. The number of rotatable bonds is 3. The van der Waals surface area contributed by atoms with E-state index in [1.54, 1.807) is 30.3 Å². The number of para-hydroxylation sites is 1. The number of fused-ring (bicyclic) bond motifs is 1. The largest absolute Gasteiger partial charge is 0.339 e. The zero-order valence-corrected chi connectivity index (χ0v) is 12.8. The first-order valence-corrected chi connectivity index (χ1v) is 8.15. The first-order chi connectivity index (χ1) is 10.4. The van der Waals surface area contributed by atoms with Crippen LogP contribution in [0, 0.1) is 0 Å². The van der Waals surface area contributed by atoms with Gasteiger partial charge in [-0.05, 0) is 36.4 Å². The average Bonchev–Trinajstić information content (AvgIpc) is 2.46. The fraction of sp³-hybridized carbons (Fsp3) is 0. The van der Waals surface area contributed by atoms with Crippen LogP contribution in [0.25, 0.3) is 10.9 Å². The molecule has 0 aliphatic heterocycles. The van der Waals surface area contributed by atoms with Gasteiger partial charge in [0, 0.05) is 10.4 Å². The third-order valence-corrected chi connectivity index (χ3v) is 4.23. The molecule has 1 heterocycles. The quantitative estimate of drug-likeness (QED) is 0.710. The molecule has 0 atom stereocenters. The number of aromatic nitrogens is 1. The standard InChI is InChI=1S/C15H11ClN2O3S/c16-11-7-5-10-6-8-15(18-13(10)9-11)17-12-3-1-2-4-14(12)22(19,20)21/h1-9H,(H,17,18)(H,19,20,21). The molecule has 1 aromatic heterocycles. The first-order valence-electron chi connectivity index (χ1n) is 6.33. The number of anilines is 2. The highest BCUT2D eigenvalue weighted by molar-refractivity contribution is 7.86. The van der Waals surface area contributed by atoms with E-state index >= 15 is 0 Å². The Morgan fingerprint density at radius 1 is 1.05 bits per heavy atom. The van der Waals surface area contributed by atoms with E-state index < -0.39 is 10.1 Å². The van der Waals surface area contributed by atoms with E-state index in [2.05, 4.69) is 10.3 Å². The van der Waals surface area contributed by atoms with E-state index in [0.29, 0.717) is 16.4 Å². The van der Waals surface area contributed by atoms with E-state index in [1.807, 2.05) is 12.1 Å². The molecule has 112 valence electrons. The van der Waals surface area contributed by atoms with Crippen molar-refractivity contribution in [3.63, 3.8) is 0 Å². The molecule has 0 fully saturated rings. The molecule has 7 heteroatoms. The van der Waals surface area contributed by atoms with E-state index in [4.69, 9.17) is 11.6 Å². The number of benzene rings is 2. The van der Waals surface area contributed by atoms with Crippen LogP contribution in [0.3, 0.4) is 0 Å². The molecule has 3 aromatic rings. The van der Waals surface area contributed by atoms with Crippen LogP contribution in [-0.4, -0.2) is 18.0 Å². The van der Waals surface area contributed by atoms with E-state index in [0.717, 1.165) is 5.39 Å². The van der Waals surface area contributed by atoms with Crippen molar-refractivity contribution < 1.29 is 13.0 Å². The monoisotopic (exact) mass is 334 g/mol. The molecule has 2 N–H and O–H groups in total. The van der Waals surface area contributed by atoms with Gasteiger partial charge in [0.15, 0.2) is 0 Å². The highest BCUT2D eigenvalue weighted by Gasteiger charge is 2.15. The summed E-state index contributed by atoms with van der Waals surface area (Å²) < 4.78 is 32.0. The Hall–Kier alpha value is -2.15. The van der Waals surface area contributed by atoms with Gasteiger partial charge in [-0.3, -0.25) is 4.55 Å². The third-order valence-electron chi connectivity index (χ3n) is 3.08. The van der Waals surface area contributed by atoms with Crippen molar-refractivity contribution in [2.75, 3.05) is 5.32 Å². The van der Waals surface area contributed by atoms with Gasteiger partial charge in [0.25, 0.3) is 10.1 Å². The van der Waals surface area contributed by atoms with Gasteiger partial charge in [0.05, 0.1) is 11.2 Å². The molecule has 5 nitrogen and oxygen atoms in total. The van der Waals surface area contributed by atoms with Crippen molar-refractivity contribution >= 4 is 44.1 Å². The smallest absolute Gasteiger partial charge is 0.296 e. The second kappa shape index (κ2) is 5.57. The molecule has 0 aliphatic carbocycles. The lowest BCUT2D eigenvalue weighted by atomic mass is 10.2. The molecular formula is C15H11ClN2O3S. The maximum absolute atomic E-state index is 11.4. The highest BCUT2D eigenvalue weighted by atomic mass is 35.5. The van der Waals surface area contributed by atoms with Gasteiger partial charge in [-0.2, -0.15) is 8.42 Å². The molecule has 0 saturated carbocycles. The van der Waals surface area contributed by atoms with Crippen LogP contribution >= 0.6 is 11.6 Å². The van der Waals surface area contributed by atoms with Crippen LogP contribution in [0.15, 0.2) is 59.5 Å². The molecule has 22 heavy (non-hydrogen) atoms. The van der Waals surface area contributed by atoms with Crippen molar-refractivity contribution in [1.82, 2.24) is 4.98 Å². The summed E-state index contributed by atoms with van der Waals surface area (Å²) in [5, 5.41) is 4.38. The molecule has 2 aromatic carbocycles. The number of nitrogens with zero attached hydrogens (tertiary/aromatic N) is 1. The Bertz CT molecular complexity index is 958. The summed E-state index contributed by atoms with van der Waals surface area (Å²) in [6.07, 6.45) is 0. The van der Waals surface area contributed by atoms with E-state index in [9.17, 15) is 13.0 Å². The third kappa shape index (κ3) is 3.04. The average molecular weight is 335 g/mol. The van der Waals surface area contributed by atoms with Crippen LogP contribution in [-0.2, 0) is 10.1 Å². The number of nitrogens with one attached hydrogen (secondary N) is 1. The van der Waals surface area contributed by atoms with Gasteiger partial charge in [-0.15, -0.1) is 0 Å². The summed E-state index contributed by atoms with van der Waals surface area (Å²) in [5.74, 6) is 0.450. The maximum Gasteiger partial charge on any atom is 0.296 e. The molecule has 0 amide bonds. The minimum Gasteiger partial charge on any atom is -0.339 e. The van der Waals surface area contributed by atoms with Crippen molar-refractivity contribution in [3.8, 4) is 0 Å². The zero-order valence-electron chi connectivity index (χ0n) is 11.2. The first kappa shape index (κ1) is 14.8. The van der Waals surface area contributed by atoms with Gasteiger partial charge < -0.3 is 5.32 Å². The molecule has 0 bridgehead atoms. The summed E-state index contributed by atoms with van der Waals surface area (Å²) in [6.45, 7) is 0. The van der Waals surface area contributed by atoms with E-state index in [1.165, 1.54) is 12.1 Å². The lowest BCUT2D eigenvalue weighted by Crippen LogP contribution is -2.03. The predicted molar refractivity (Wildman–Crippen MR) is 86.3 cm³/mol. The number of halogens is 1. The second-order valence-electron chi connectivity index (χ2n) is 4.63. The molecule has 0 spiro atoms. The Morgan fingerprint density at radius 2 is 1.77 bits per heavy atom. The van der Waals surface area contributed by atoms with Gasteiger partial charge in [-0.25, -0.2) is 4.98 Å².